The molecule has 0 aromatic heterocycles. The number of ether oxygens (including phenoxy) is 1. The largest absolute Gasteiger partial charge is 0.450 e. The summed E-state index contributed by atoms with van der Waals surface area (Å²) in [5.41, 5.74) is 1.23. The topological polar surface area (TPSA) is 29.5 Å². The van der Waals surface area contributed by atoms with Crippen molar-refractivity contribution in [1.82, 2.24) is 4.90 Å². The third-order valence-electron chi connectivity index (χ3n) is 3.43. The Morgan fingerprint density at radius 2 is 2.00 bits per heavy atom. The lowest BCUT2D eigenvalue weighted by Crippen LogP contribution is -2.38. The number of allylic oxidation sites excluding steroid dienone is 1. The lowest BCUT2D eigenvalue weighted by atomic mass is 9.96. The highest BCUT2D eigenvalue weighted by molar-refractivity contribution is 5.67. The standard InChI is InChI=1S/C16H21NO2/c1-2-19-16(18)17-12-10-15(11-13-17)9-8-14-6-4-3-5-7-14/h3-9,15H,2,10-13H2,1H3. The molecule has 0 spiro atoms. The van der Waals surface area contributed by atoms with Crippen LogP contribution in [0.5, 0.6) is 0 Å². The van der Waals surface area contributed by atoms with Crippen molar-refractivity contribution in [2.75, 3.05) is 19.7 Å². The van der Waals surface area contributed by atoms with Crippen molar-refractivity contribution in [3.63, 3.8) is 0 Å². The molecule has 1 aromatic rings. The molecule has 1 heterocycles. The summed E-state index contributed by atoms with van der Waals surface area (Å²) < 4.78 is 5.01. The Balaban J connectivity index is 1.80. The van der Waals surface area contributed by atoms with Gasteiger partial charge in [0, 0.05) is 13.1 Å². The summed E-state index contributed by atoms with van der Waals surface area (Å²) in [6.07, 6.45) is 6.29. The van der Waals surface area contributed by atoms with E-state index in [0.29, 0.717) is 12.5 Å². The van der Waals surface area contributed by atoms with Crippen molar-refractivity contribution in [1.29, 1.82) is 0 Å². The Morgan fingerprint density at radius 3 is 2.63 bits per heavy atom. The number of rotatable bonds is 3. The molecule has 0 N–H and O–H groups in total. The van der Waals surface area contributed by atoms with E-state index < -0.39 is 0 Å². The summed E-state index contributed by atoms with van der Waals surface area (Å²) in [6.45, 7) is 3.88. The van der Waals surface area contributed by atoms with Gasteiger partial charge in [0.2, 0.25) is 0 Å². The Bertz CT molecular complexity index is 420. The van der Waals surface area contributed by atoms with Crippen LogP contribution >= 0.6 is 0 Å². The Morgan fingerprint density at radius 1 is 1.32 bits per heavy atom. The maximum Gasteiger partial charge on any atom is 0.409 e. The predicted molar refractivity (Wildman–Crippen MR) is 76.8 cm³/mol. The highest BCUT2D eigenvalue weighted by Crippen LogP contribution is 2.20. The van der Waals surface area contributed by atoms with Crippen LogP contribution in [0.1, 0.15) is 25.3 Å². The number of piperidine rings is 1. The molecule has 102 valence electrons. The minimum absolute atomic E-state index is 0.173. The van der Waals surface area contributed by atoms with Gasteiger partial charge < -0.3 is 9.64 Å². The van der Waals surface area contributed by atoms with E-state index in [4.69, 9.17) is 4.74 Å². The van der Waals surface area contributed by atoms with Gasteiger partial charge in [0.25, 0.3) is 0 Å². The van der Waals surface area contributed by atoms with E-state index in [1.165, 1.54) is 5.56 Å². The molecule has 1 amide bonds. The Labute approximate surface area is 114 Å². The average Bonchev–Trinajstić information content (AvgIpc) is 2.47. The zero-order valence-electron chi connectivity index (χ0n) is 11.4. The van der Waals surface area contributed by atoms with Gasteiger partial charge in [-0.3, -0.25) is 0 Å². The van der Waals surface area contributed by atoms with Gasteiger partial charge in [-0.1, -0.05) is 42.5 Å². The van der Waals surface area contributed by atoms with Gasteiger partial charge in [-0.15, -0.1) is 0 Å². The molecule has 1 aliphatic heterocycles. The monoisotopic (exact) mass is 259 g/mol. The summed E-state index contributed by atoms with van der Waals surface area (Å²) in [5, 5.41) is 0. The maximum absolute atomic E-state index is 11.6. The fraction of sp³-hybridized carbons (Fsp3) is 0.438. The van der Waals surface area contributed by atoms with Crippen LogP contribution < -0.4 is 0 Å². The van der Waals surface area contributed by atoms with E-state index in [9.17, 15) is 4.79 Å². The molecule has 3 heteroatoms. The van der Waals surface area contributed by atoms with Gasteiger partial charge in [0.15, 0.2) is 0 Å². The number of benzene rings is 1. The van der Waals surface area contributed by atoms with Gasteiger partial charge >= 0.3 is 6.09 Å². The third kappa shape index (κ3) is 4.12. The summed E-state index contributed by atoms with van der Waals surface area (Å²) in [6, 6.07) is 10.3. The molecule has 0 atom stereocenters. The van der Waals surface area contributed by atoms with E-state index in [1.54, 1.807) is 4.90 Å². The summed E-state index contributed by atoms with van der Waals surface area (Å²) in [7, 11) is 0. The Hall–Kier alpha value is -1.77. The molecule has 0 aliphatic carbocycles. The molecule has 1 aliphatic rings. The number of nitrogens with zero attached hydrogens (tertiary/aromatic N) is 1. The van der Waals surface area contributed by atoms with Crippen LogP contribution in [0.25, 0.3) is 6.08 Å². The summed E-state index contributed by atoms with van der Waals surface area (Å²) in [4.78, 5) is 13.4. The van der Waals surface area contributed by atoms with Crippen LogP contribution in [0, 0.1) is 5.92 Å². The van der Waals surface area contributed by atoms with Gasteiger partial charge in [-0.2, -0.15) is 0 Å². The SMILES string of the molecule is CCOC(=O)N1CCC(C=Cc2ccccc2)CC1. The number of carbonyl (C=O) groups excluding carboxylic acids is 1. The highest BCUT2D eigenvalue weighted by atomic mass is 16.6. The van der Waals surface area contributed by atoms with Crippen LogP contribution in [-0.2, 0) is 4.74 Å². The highest BCUT2D eigenvalue weighted by Gasteiger charge is 2.21. The van der Waals surface area contributed by atoms with Crippen molar-refractivity contribution in [2.45, 2.75) is 19.8 Å². The lowest BCUT2D eigenvalue weighted by molar-refractivity contribution is 0.0954. The van der Waals surface area contributed by atoms with Crippen LogP contribution in [0.15, 0.2) is 36.4 Å². The molecule has 1 aromatic carbocycles. The van der Waals surface area contributed by atoms with Crippen molar-refractivity contribution >= 4 is 12.2 Å². The first-order valence-electron chi connectivity index (χ1n) is 6.94. The van der Waals surface area contributed by atoms with Gasteiger partial charge in [-0.25, -0.2) is 4.79 Å². The molecule has 0 bridgehead atoms. The Kier molecular flexibility index (Phi) is 5.01. The number of hydrogen-bond donors (Lipinski definition) is 0. The lowest BCUT2D eigenvalue weighted by Gasteiger charge is -2.29. The third-order valence-corrected chi connectivity index (χ3v) is 3.43. The molecule has 3 nitrogen and oxygen atoms in total. The normalized spacial score (nSPS) is 16.8. The second-order valence-electron chi connectivity index (χ2n) is 4.79. The van der Waals surface area contributed by atoms with Crippen molar-refractivity contribution < 1.29 is 9.53 Å². The summed E-state index contributed by atoms with van der Waals surface area (Å²) in [5.74, 6) is 0.561. The van der Waals surface area contributed by atoms with E-state index in [1.807, 2.05) is 25.1 Å². The van der Waals surface area contributed by atoms with Crippen LogP contribution in [-0.4, -0.2) is 30.7 Å². The molecule has 19 heavy (non-hydrogen) atoms. The minimum atomic E-state index is -0.173. The van der Waals surface area contributed by atoms with E-state index in [2.05, 4.69) is 24.3 Å². The van der Waals surface area contributed by atoms with E-state index >= 15 is 0 Å². The number of amides is 1. The zero-order chi connectivity index (χ0) is 13.5. The van der Waals surface area contributed by atoms with Crippen LogP contribution in [0.2, 0.25) is 0 Å². The molecule has 0 radical (unpaired) electrons. The first-order chi connectivity index (χ1) is 9.29. The van der Waals surface area contributed by atoms with Gasteiger partial charge in [0.05, 0.1) is 6.61 Å². The van der Waals surface area contributed by atoms with Gasteiger partial charge in [-0.05, 0) is 31.2 Å². The molecule has 0 saturated carbocycles. The molecular weight excluding hydrogens is 238 g/mol. The van der Waals surface area contributed by atoms with Gasteiger partial charge in [0.1, 0.15) is 0 Å². The number of carbonyl (C=O) groups is 1. The van der Waals surface area contributed by atoms with E-state index in [0.717, 1.165) is 25.9 Å². The molecule has 1 fully saturated rings. The molecule has 0 unspecified atom stereocenters. The summed E-state index contributed by atoms with van der Waals surface area (Å²) >= 11 is 0. The van der Waals surface area contributed by atoms with Crippen LogP contribution in [0.3, 0.4) is 0 Å². The first kappa shape index (κ1) is 13.7. The smallest absolute Gasteiger partial charge is 0.409 e. The predicted octanol–water partition coefficient (Wildman–Crippen LogP) is 3.57. The van der Waals surface area contributed by atoms with E-state index in [-0.39, 0.29) is 6.09 Å². The van der Waals surface area contributed by atoms with Crippen molar-refractivity contribution in [3.8, 4) is 0 Å². The zero-order valence-corrected chi connectivity index (χ0v) is 11.4. The quantitative estimate of drug-likeness (QED) is 0.830. The minimum Gasteiger partial charge on any atom is -0.450 e. The average molecular weight is 259 g/mol. The second-order valence-corrected chi connectivity index (χ2v) is 4.79. The number of hydrogen-bond acceptors (Lipinski definition) is 2. The molecular formula is C16H21NO2. The fourth-order valence-corrected chi connectivity index (χ4v) is 2.30. The van der Waals surface area contributed by atoms with Crippen molar-refractivity contribution in [2.24, 2.45) is 5.92 Å². The maximum atomic E-state index is 11.6. The second kappa shape index (κ2) is 6.98. The fourth-order valence-electron chi connectivity index (χ4n) is 2.30. The molecule has 2 rings (SSSR count). The van der Waals surface area contributed by atoms with Crippen LogP contribution in [0.4, 0.5) is 4.79 Å². The molecule has 1 saturated heterocycles. The number of likely N-dealkylation sites (tertiary alicyclic amines) is 1. The van der Waals surface area contributed by atoms with Crippen molar-refractivity contribution in [3.05, 3.63) is 42.0 Å². The first-order valence-corrected chi connectivity index (χ1v) is 6.94.